The summed E-state index contributed by atoms with van der Waals surface area (Å²) < 4.78 is 70.6. The molecule has 0 saturated carbocycles. The monoisotopic (exact) mass is 1380 g/mol. The number of hydrogen-bond acceptors (Lipinski definition) is 10. The molecule has 16 heteroatoms. The Morgan fingerprint density at radius 1 is 0.225 bits per heavy atom. The molecule has 0 saturated heterocycles. The minimum atomic E-state index is -2.90. The second-order valence-electron chi connectivity index (χ2n) is 41.7. The highest BCUT2D eigenvalue weighted by molar-refractivity contribution is 6.74. The summed E-state index contributed by atoms with van der Waals surface area (Å²) in [5.74, 6) is 0. The van der Waals surface area contributed by atoms with Crippen molar-refractivity contribution in [3.8, 4) is 0 Å². The van der Waals surface area contributed by atoms with Gasteiger partial charge in [-0.25, -0.2) is 0 Å². The minimum Gasteiger partial charge on any atom is -0.415 e. The fourth-order valence-corrected chi connectivity index (χ4v) is 21.5. The topological polar surface area (TPSA) is 92.3 Å². The van der Waals surface area contributed by atoms with Crippen LogP contribution in [0.1, 0.15) is 347 Å². The summed E-state index contributed by atoms with van der Waals surface area (Å²) in [6.45, 7) is 117. The molecule has 0 aromatic heterocycles. The SMILES string of the molecule is C.C.CC(C)(C)O[Si](C)(C)C(C)(C)C.CC(C)(C)O[Si](C)(C)C(C)(C)C.CC(C)(C)O[Si](C)(OC(C)(C)C)C(C)(C)C.CC(C)(C)O[Si](C)(OC(C)(C)C)C(C)(C)C.CC(C)(C)O[Si](OC(C)(C)C)(OC(C)(C)C)C(C)(C)C.[2H][Si](C)(OC(C)(C)C)C(C)(C)C. The predicted molar refractivity (Wildman–Crippen MR) is 417 cm³/mol. The van der Waals surface area contributed by atoms with Crippen LogP contribution < -0.4 is 0 Å². The lowest BCUT2D eigenvalue weighted by molar-refractivity contribution is -0.0875. The van der Waals surface area contributed by atoms with Gasteiger partial charge in [-0.2, -0.15) is 0 Å². The Balaban J connectivity index is -0.000000150. The van der Waals surface area contributed by atoms with Crippen LogP contribution in [0, 0.1) is 0 Å². The van der Waals surface area contributed by atoms with Gasteiger partial charge in [0.05, 0.1) is 39.2 Å². The zero-order chi connectivity index (χ0) is 74.1. The molecule has 0 N–H and O–H groups in total. The fourth-order valence-electron chi connectivity index (χ4n) is 7.17. The second kappa shape index (κ2) is 35.1. The van der Waals surface area contributed by atoms with Gasteiger partial charge in [-0.05, 0) is 269 Å². The summed E-state index contributed by atoms with van der Waals surface area (Å²) >= 11 is 0. The van der Waals surface area contributed by atoms with Crippen LogP contribution in [0.2, 0.25) is 76.1 Å². The van der Waals surface area contributed by atoms with E-state index in [2.05, 4.69) is 351 Å². The lowest BCUT2D eigenvalue weighted by atomic mass is 10.2. The average Bonchev–Trinajstić information content (AvgIpc) is 3.01. The number of hydrogen-bond donors (Lipinski definition) is 0. The molecule has 0 radical (unpaired) electrons. The molecule has 1 atom stereocenters. The highest BCUT2D eigenvalue weighted by Gasteiger charge is 2.59. The molecule has 0 spiro atoms. The molecule has 0 fully saturated rings. The lowest BCUT2D eigenvalue weighted by Gasteiger charge is -2.48. The second-order valence-corrected chi connectivity index (χ2v) is 64.8. The Morgan fingerprint density at radius 2 is 0.382 bits per heavy atom. The predicted octanol–water partition coefficient (Wildman–Crippen LogP) is 26.0. The molecule has 0 aromatic carbocycles. The quantitative estimate of drug-likeness (QED) is 0.197. The van der Waals surface area contributed by atoms with E-state index in [1.807, 2.05) is 27.3 Å². The van der Waals surface area contributed by atoms with Gasteiger partial charge in [0.2, 0.25) is 0 Å². The Morgan fingerprint density at radius 3 is 0.449 bits per heavy atom. The molecule has 0 aliphatic rings. The fraction of sp³-hybridized carbons (Fsp3) is 1.00. The molecule has 0 bridgehead atoms. The van der Waals surface area contributed by atoms with Crippen molar-refractivity contribution in [2.24, 2.45) is 0 Å². The third kappa shape index (κ3) is 54.6. The van der Waals surface area contributed by atoms with E-state index in [0.717, 1.165) is 0 Å². The van der Waals surface area contributed by atoms with Crippen molar-refractivity contribution in [1.82, 2.24) is 0 Å². The summed E-state index contributed by atoms with van der Waals surface area (Å²) in [6.07, 6.45) is 0. The lowest BCUT2D eigenvalue weighted by Crippen LogP contribution is -2.62. The van der Waals surface area contributed by atoms with Gasteiger partial charge < -0.3 is 44.3 Å². The molecule has 0 rings (SSSR count). The molecular formula is C73H174O10Si6. The van der Waals surface area contributed by atoms with Crippen LogP contribution in [-0.4, -0.2) is 109 Å². The largest absolute Gasteiger partial charge is 0.507 e. The van der Waals surface area contributed by atoms with Crippen LogP contribution in [0.25, 0.3) is 0 Å². The Kier molecular flexibility index (Phi) is 40.8. The van der Waals surface area contributed by atoms with Gasteiger partial charge in [0, 0.05) is 33.2 Å². The summed E-state index contributed by atoms with van der Waals surface area (Å²) in [6, 6.07) is 0. The summed E-state index contributed by atoms with van der Waals surface area (Å²) in [5.41, 5.74) is -1.72. The molecular weight excluding hydrogens is 1210 g/mol. The van der Waals surface area contributed by atoms with E-state index in [4.69, 9.17) is 45.5 Å². The van der Waals surface area contributed by atoms with E-state index in [1.165, 1.54) is 0 Å². The standard InChI is InChI=1S/C16H36O3Si.2C13H30O2Si.2C10H24OSi.C9H22OSi.2CH4/c1-13(2,3)17-20(16(10,11)12,18-14(4,5)6)19-15(7,8)9;2*1-11(2,3)14-16(10,13(7,8)9)15-12(4,5)6;2*1-9(2,3)11-12(7,8)10(4,5)6;1-8(2,3)10-11(7)9(4,5)6;;/h1-12H3;2*1-10H3;2*1-8H3;11H,1-7H3;2*1H4/i;;;;;11D;;. The van der Waals surface area contributed by atoms with Crippen molar-refractivity contribution in [3.63, 3.8) is 0 Å². The maximum atomic E-state index is 8.15. The first kappa shape index (κ1) is 103. The molecule has 10 nitrogen and oxygen atoms in total. The van der Waals surface area contributed by atoms with Gasteiger partial charge in [-0.3, -0.25) is 0 Å². The smallest absolute Gasteiger partial charge is 0.415 e. The van der Waals surface area contributed by atoms with Gasteiger partial charge in [-0.1, -0.05) is 139 Å². The summed E-state index contributed by atoms with van der Waals surface area (Å²) in [7, 11) is -12.7. The van der Waals surface area contributed by atoms with Gasteiger partial charge >= 0.3 is 25.9 Å². The average molecular weight is 1380 g/mol. The highest BCUT2D eigenvalue weighted by Crippen LogP contribution is 2.47. The van der Waals surface area contributed by atoms with Crippen molar-refractivity contribution in [3.05, 3.63) is 0 Å². The molecule has 0 aromatic rings. The zero-order valence-electron chi connectivity index (χ0n) is 71.1. The normalized spacial score (nSPS) is 15.7. The van der Waals surface area contributed by atoms with Crippen LogP contribution in [0.5, 0.6) is 0 Å². The van der Waals surface area contributed by atoms with Crippen molar-refractivity contribution in [2.45, 2.75) is 479 Å². The minimum absolute atomic E-state index is 0. The number of rotatable bonds is 10. The molecule has 0 amide bonds. The molecule has 0 heterocycles. The van der Waals surface area contributed by atoms with Gasteiger partial charge in [0.25, 0.3) is 0 Å². The Hall–Kier alpha value is 0.901. The third-order valence-corrected chi connectivity index (χ3v) is 39.7. The van der Waals surface area contributed by atoms with E-state index >= 15 is 0 Å². The first-order valence-electron chi connectivity index (χ1n) is 33.6. The first-order valence-corrected chi connectivity index (χ1v) is 47.2. The summed E-state index contributed by atoms with van der Waals surface area (Å²) in [4.78, 5) is 0. The van der Waals surface area contributed by atoms with Gasteiger partial charge in [-0.15, -0.1) is 0 Å². The maximum absolute atomic E-state index is 8.15. The van der Waals surface area contributed by atoms with E-state index in [-0.39, 0.29) is 91.0 Å². The van der Waals surface area contributed by atoms with Crippen LogP contribution in [-0.2, 0) is 44.3 Å². The van der Waals surface area contributed by atoms with Gasteiger partial charge in [0.15, 0.2) is 25.6 Å². The first-order chi connectivity index (χ1) is 36.6. The van der Waals surface area contributed by atoms with Crippen molar-refractivity contribution < 1.29 is 44.3 Å². The molecule has 0 aliphatic heterocycles. The highest BCUT2D eigenvalue weighted by atomic mass is 28.4. The molecule has 1 unspecified atom stereocenters. The van der Waals surface area contributed by atoms with Crippen LogP contribution in [0.3, 0.4) is 0 Å². The van der Waals surface area contributed by atoms with Crippen LogP contribution >= 0.6 is 0 Å². The molecule has 89 heavy (non-hydrogen) atoms. The van der Waals surface area contributed by atoms with Crippen LogP contribution in [0.15, 0.2) is 0 Å². The van der Waals surface area contributed by atoms with E-state index < -0.39 is 51.5 Å². The van der Waals surface area contributed by atoms with Crippen molar-refractivity contribution in [1.29, 1.82) is 1.23 Å². The van der Waals surface area contributed by atoms with Crippen molar-refractivity contribution in [2.75, 3.05) is 0 Å². The molecule has 550 valence electrons. The van der Waals surface area contributed by atoms with Crippen LogP contribution in [0.4, 0.5) is 0 Å². The third-order valence-electron chi connectivity index (χ3n) is 13.2. The van der Waals surface area contributed by atoms with E-state index in [0.29, 0.717) is 10.1 Å². The van der Waals surface area contributed by atoms with E-state index in [1.54, 1.807) is 0 Å². The Bertz CT molecular complexity index is 1730. The molecule has 0 aliphatic carbocycles. The van der Waals surface area contributed by atoms with E-state index in [9.17, 15) is 0 Å². The van der Waals surface area contributed by atoms with Gasteiger partial charge in [0.1, 0.15) is 0 Å². The zero-order valence-corrected chi connectivity index (χ0v) is 76.1. The Labute approximate surface area is 573 Å². The summed E-state index contributed by atoms with van der Waals surface area (Å²) in [5, 5.41) is 0.558. The maximum Gasteiger partial charge on any atom is 0.507 e. The van der Waals surface area contributed by atoms with Crippen molar-refractivity contribution >= 4 is 51.5 Å².